The summed E-state index contributed by atoms with van der Waals surface area (Å²) in [5.74, 6) is -2.45. The summed E-state index contributed by atoms with van der Waals surface area (Å²) < 4.78 is 0. The molecule has 0 spiro atoms. The Bertz CT molecular complexity index is 1190. The van der Waals surface area contributed by atoms with Crippen molar-refractivity contribution in [3.05, 3.63) is 89.5 Å². The summed E-state index contributed by atoms with van der Waals surface area (Å²) in [5, 5.41) is 14.3. The number of carboxylic acids is 1. The van der Waals surface area contributed by atoms with Crippen molar-refractivity contribution in [3.63, 3.8) is 0 Å². The Morgan fingerprint density at radius 3 is 1.94 bits per heavy atom. The predicted molar refractivity (Wildman–Crippen MR) is 127 cm³/mol. The predicted octanol–water partition coefficient (Wildman–Crippen LogP) is 3.86. The zero-order chi connectivity index (χ0) is 24.0. The summed E-state index contributed by atoms with van der Waals surface area (Å²) in [6.45, 7) is 1.76. The molecule has 0 aromatic heterocycles. The third-order valence-electron chi connectivity index (χ3n) is 4.63. The lowest BCUT2D eigenvalue weighted by molar-refractivity contribution is -0.115. The molecule has 168 valence electrons. The van der Waals surface area contributed by atoms with E-state index >= 15 is 0 Å². The van der Waals surface area contributed by atoms with E-state index in [4.69, 9.17) is 5.73 Å². The van der Waals surface area contributed by atoms with Gasteiger partial charge in [0.05, 0.1) is 16.4 Å². The molecule has 33 heavy (non-hydrogen) atoms. The minimum atomic E-state index is -1.18. The maximum absolute atomic E-state index is 12.5. The average Bonchev–Trinajstić information content (AvgIpc) is 2.80. The first-order valence-corrected chi connectivity index (χ1v) is 10.7. The van der Waals surface area contributed by atoms with Crippen LogP contribution in [-0.2, 0) is 4.79 Å². The minimum absolute atomic E-state index is 0.0672. The molecule has 3 rings (SSSR count). The van der Waals surface area contributed by atoms with Gasteiger partial charge in [0.25, 0.3) is 5.91 Å². The van der Waals surface area contributed by atoms with Crippen LogP contribution in [-0.4, -0.2) is 34.0 Å². The van der Waals surface area contributed by atoms with Gasteiger partial charge in [-0.2, -0.15) is 0 Å². The Labute approximate surface area is 194 Å². The first-order chi connectivity index (χ1) is 15.7. The van der Waals surface area contributed by atoms with Crippen LogP contribution in [0.1, 0.15) is 38.0 Å². The van der Waals surface area contributed by atoms with E-state index in [0.717, 1.165) is 4.90 Å². The second-order valence-electron chi connectivity index (χ2n) is 7.02. The largest absolute Gasteiger partial charge is 0.478 e. The van der Waals surface area contributed by atoms with Crippen molar-refractivity contribution in [1.82, 2.24) is 0 Å². The molecule has 0 unspecified atom stereocenters. The second kappa shape index (κ2) is 10.5. The zero-order valence-corrected chi connectivity index (χ0v) is 18.4. The molecule has 3 amide bonds. The molecule has 9 heteroatoms. The number of aromatic carboxylic acids is 1. The Balaban J connectivity index is 1.58. The van der Waals surface area contributed by atoms with E-state index in [9.17, 15) is 24.3 Å². The SMILES string of the molecule is C[C@@H](Sc1ccc(NC(=O)c2ccccc2C(=O)O)cc1)C(=O)Nc1ccc(C(N)=O)cc1. The van der Waals surface area contributed by atoms with Crippen molar-refractivity contribution in [2.75, 3.05) is 10.6 Å². The molecule has 0 aliphatic carbocycles. The first-order valence-electron chi connectivity index (χ1n) is 9.85. The number of nitrogens with two attached hydrogens (primary N) is 1. The monoisotopic (exact) mass is 463 g/mol. The van der Waals surface area contributed by atoms with E-state index in [2.05, 4.69) is 10.6 Å². The van der Waals surface area contributed by atoms with E-state index in [-0.39, 0.29) is 17.0 Å². The Kier molecular flexibility index (Phi) is 7.47. The van der Waals surface area contributed by atoms with Crippen LogP contribution >= 0.6 is 11.8 Å². The molecule has 5 N–H and O–H groups in total. The highest BCUT2D eigenvalue weighted by molar-refractivity contribution is 8.00. The van der Waals surface area contributed by atoms with Crippen LogP contribution < -0.4 is 16.4 Å². The van der Waals surface area contributed by atoms with Crippen LogP contribution in [0.2, 0.25) is 0 Å². The first kappa shape index (κ1) is 23.6. The van der Waals surface area contributed by atoms with Gasteiger partial charge in [0.2, 0.25) is 11.8 Å². The summed E-state index contributed by atoms with van der Waals surface area (Å²) in [6, 6.07) is 19.1. The number of hydrogen-bond acceptors (Lipinski definition) is 5. The lowest BCUT2D eigenvalue weighted by atomic mass is 10.1. The van der Waals surface area contributed by atoms with Crippen LogP contribution in [0.4, 0.5) is 11.4 Å². The molecule has 0 fully saturated rings. The standard InChI is InChI=1S/C24H21N3O5S/c1-14(22(29)26-16-8-6-15(7-9-16)21(25)28)33-18-12-10-17(11-13-18)27-23(30)19-4-2-3-5-20(19)24(31)32/h2-14H,1H3,(H2,25,28)(H,26,29)(H,27,30)(H,31,32)/t14-/m1/s1. The molecule has 0 saturated carbocycles. The average molecular weight is 464 g/mol. The topological polar surface area (TPSA) is 139 Å². The van der Waals surface area contributed by atoms with Gasteiger partial charge in [-0.3, -0.25) is 14.4 Å². The van der Waals surface area contributed by atoms with Gasteiger partial charge < -0.3 is 21.5 Å². The van der Waals surface area contributed by atoms with E-state index in [1.54, 1.807) is 55.5 Å². The Hall–Kier alpha value is -4.11. The van der Waals surface area contributed by atoms with Crippen LogP contribution in [0, 0.1) is 0 Å². The maximum Gasteiger partial charge on any atom is 0.336 e. The maximum atomic E-state index is 12.5. The molecule has 1 atom stereocenters. The van der Waals surface area contributed by atoms with E-state index in [1.165, 1.54) is 36.0 Å². The second-order valence-corrected chi connectivity index (χ2v) is 8.43. The highest BCUT2D eigenvalue weighted by Gasteiger charge is 2.17. The van der Waals surface area contributed by atoms with Gasteiger partial charge in [-0.1, -0.05) is 12.1 Å². The van der Waals surface area contributed by atoms with Crippen LogP contribution in [0.15, 0.2) is 77.7 Å². The molecule has 3 aromatic rings. The van der Waals surface area contributed by atoms with Gasteiger partial charge in [-0.25, -0.2) is 4.79 Å². The molecule has 0 aliphatic rings. The molecular formula is C24H21N3O5S. The van der Waals surface area contributed by atoms with Gasteiger partial charge in [0, 0.05) is 21.8 Å². The third-order valence-corrected chi connectivity index (χ3v) is 5.75. The fraction of sp³-hybridized carbons (Fsp3) is 0.0833. The highest BCUT2D eigenvalue weighted by Crippen LogP contribution is 2.26. The number of carbonyl (C=O) groups is 4. The quantitative estimate of drug-likeness (QED) is 0.374. The summed E-state index contributed by atoms with van der Waals surface area (Å²) in [6.07, 6.45) is 0. The molecular weight excluding hydrogens is 442 g/mol. The number of thioether (sulfide) groups is 1. The third kappa shape index (κ3) is 6.20. The van der Waals surface area contributed by atoms with Gasteiger partial charge in [-0.15, -0.1) is 11.8 Å². The van der Waals surface area contributed by atoms with Crippen molar-refractivity contribution >= 4 is 46.8 Å². The van der Waals surface area contributed by atoms with Crippen molar-refractivity contribution in [3.8, 4) is 0 Å². The van der Waals surface area contributed by atoms with Gasteiger partial charge in [0.15, 0.2) is 0 Å². The number of nitrogens with one attached hydrogen (secondary N) is 2. The number of benzene rings is 3. The van der Waals surface area contributed by atoms with Gasteiger partial charge in [-0.05, 0) is 67.6 Å². The van der Waals surface area contributed by atoms with E-state index < -0.39 is 23.0 Å². The van der Waals surface area contributed by atoms with Crippen LogP contribution in [0.25, 0.3) is 0 Å². The lowest BCUT2D eigenvalue weighted by Crippen LogP contribution is -2.22. The molecule has 0 aliphatic heterocycles. The number of anilines is 2. The lowest BCUT2D eigenvalue weighted by Gasteiger charge is -2.13. The molecule has 0 heterocycles. The number of hydrogen-bond donors (Lipinski definition) is 4. The van der Waals surface area contributed by atoms with Crippen molar-refractivity contribution in [1.29, 1.82) is 0 Å². The van der Waals surface area contributed by atoms with E-state index in [1.807, 2.05) is 0 Å². The Morgan fingerprint density at radius 1 is 0.818 bits per heavy atom. The van der Waals surface area contributed by atoms with Crippen molar-refractivity contribution in [2.45, 2.75) is 17.1 Å². The summed E-state index contributed by atoms with van der Waals surface area (Å²) in [4.78, 5) is 48.2. The highest BCUT2D eigenvalue weighted by atomic mass is 32.2. The Morgan fingerprint density at radius 2 is 1.36 bits per heavy atom. The van der Waals surface area contributed by atoms with Crippen LogP contribution in [0.3, 0.4) is 0 Å². The number of carboxylic acid groups (broad SMARTS) is 1. The molecule has 0 radical (unpaired) electrons. The molecule has 0 bridgehead atoms. The van der Waals surface area contributed by atoms with Crippen molar-refractivity contribution in [2.24, 2.45) is 5.73 Å². The summed E-state index contributed by atoms with van der Waals surface area (Å²) in [7, 11) is 0. The number of rotatable bonds is 8. The normalized spacial score (nSPS) is 11.3. The van der Waals surface area contributed by atoms with E-state index in [0.29, 0.717) is 16.9 Å². The number of amides is 3. The molecule has 3 aromatic carbocycles. The minimum Gasteiger partial charge on any atom is -0.478 e. The summed E-state index contributed by atoms with van der Waals surface area (Å²) in [5.41, 5.74) is 6.60. The number of carbonyl (C=O) groups excluding carboxylic acids is 3. The summed E-state index contributed by atoms with van der Waals surface area (Å²) >= 11 is 1.33. The number of primary amides is 1. The van der Waals surface area contributed by atoms with Gasteiger partial charge >= 0.3 is 5.97 Å². The molecule has 0 saturated heterocycles. The zero-order valence-electron chi connectivity index (χ0n) is 17.6. The fourth-order valence-corrected chi connectivity index (χ4v) is 3.77. The van der Waals surface area contributed by atoms with Crippen molar-refractivity contribution < 1.29 is 24.3 Å². The smallest absolute Gasteiger partial charge is 0.336 e. The van der Waals surface area contributed by atoms with Gasteiger partial charge in [0.1, 0.15) is 0 Å². The molecule has 8 nitrogen and oxygen atoms in total. The van der Waals surface area contributed by atoms with Crippen LogP contribution in [0.5, 0.6) is 0 Å². The fourth-order valence-electron chi connectivity index (χ4n) is 2.90.